The average molecular weight is 398 g/mol. The van der Waals surface area contributed by atoms with Crippen LogP contribution in [0.15, 0.2) is 53.4 Å². The third-order valence-corrected chi connectivity index (χ3v) is 8.56. The molecule has 2 bridgehead atoms. The first-order chi connectivity index (χ1) is 13.5. The largest absolute Gasteiger partial charge is 0.369 e. The minimum atomic E-state index is -3.47. The molecule has 0 aromatic heterocycles. The molecule has 2 heterocycles. The highest BCUT2D eigenvalue weighted by atomic mass is 32.2. The van der Waals surface area contributed by atoms with Crippen LogP contribution in [-0.2, 0) is 10.0 Å². The van der Waals surface area contributed by atoms with E-state index in [9.17, 15) is 8.42 Å². The number of hydrogen-bond acceptors (Lipinski definition) is 4. The van der Waals surface area contributed by atoms with Gasteiger partial charge in [0, 0.05) is 38.4 Å². The molecule has 0 radical (unpaired) electrons. The number of sulfonamides is 1. The summed E-state index contributed by atoms with van der Waals surface area (Å²) in [7, 11) is -1.31. The van der Waals surface area contributed by atoms with Gasteiger partial charge < -0.3 is 9.80 Å². The van der Waals surface area contributed by atoms with Crippen molar-refractivity contribution in [3.8, 4) is 0 Å². The van der Waals surface area contributed by atoms with Crippen LogP contribution in [0.5, 0.6) is 0 Å². The molecular formula is C22H27N3O2S. The van der Waals surface area contributed by atoms with Gasteiger partial charge in [-0.05, 0) is 61.2 Å². The second-order valence-corrected chi connectivity index (χ2v) is 10.2. The maximum absolute atomic E-state index is 13.3. The molecule has 2 fully saturated rings. The van der Waals surface area contributed by atoms with Crippen LogP contribution in [0.2, 0.25) is 0 Å². The molecule has 2 atom stereocenters. The van der Waals surface area contributed by atoms with Crippen molar-refractivity contribution < 1.29 is 8.42 Å². The molecule has 148 valence electrons. The monoisotopic (exact) mass is 397 g/mol. The van der Waals surface area contributed by atoms with Crippen LogP contribution >= 0.6 is 0 Å². The van der Waals surface area contributed by atoms with Crippen LogP contribution in [0.3, 0.4) is 0 Å². The Morgan fingerprint density at radius 1 is 0.893 bits per heavy atom. The van der Waals surface area contributed by atoms with Gasteiger partial charge in [-0.25, -0.2) is 8.42 Å². The van der Waals surface area contributed by atoms with Gasteiger partial charge in [0.2, 0.25) is 10.0 Å². The Hall–Kier alpha value is -1.89. The van der Waals surface area contributed by atoms with Gasteiger partial charge in [0.05, 0.1) is 10.9 Å². The lowest BCUT2D eigenvalue weighted by Gasteiger charge is -2.35. The smallest absolute Gasteiger partial charge is 0.243 e. The van der Waals surface area contributed by atoms with Gasteiger partial charge in [0.1, 0.15) is 0 Å². The summed E-state index contributed by atoms with van der Waals surface area (Å²) >= 11 is 0. The van der Waals surface area contributed by atoms with E-state index < -0.39 is 10.0 Å². The Morgan fingerprint density at radius 2 is 1.64 bits per heavy atom. The maximum Gasteiger partial charge on any atom is 0.243 e. The summed E-state index contributed by atoms with van der Waals surface area (Å²) in [5, 5.41) is 0. The van der Waals surface area contributed by atoms with E-state index in [1.165, 1.54) is 16.8 Å². The standard InChI is InChI=1S/C22H27N3O2S/c1-23-11-13-24(14-12-23)18-7-8-20-17-9-10-25(22(15-17)21(20)16-18)28(26,27)19-5-3-2-4-6-19/h2-8,16-17,22H,9-15H2,1H3/t17-,22-/m1/s1. The van der Waals surface area contributed by atoms with Gasteiger partial charge in [-0.2, -0.15) is 4.31 Å². The Bertz CT molecular complexity index is 969. The van der Waals surface area contributed by atoms with E-state index in [0.717, 1.165) is 39.0 Å². The fourth-order valence-electron chi connectivity index (χ4n) is 5.01. The zero-order chi connectivity index (χ0) is 19.3. The fraction of sp³-hybridized carbons (Fsp3) is 0.455. The molecule has 6 heteroatoms. The van der Waals surface area contributed by atoms with Crippen LogP contribution in [0.25, 0.3) is 0 Å². The van der Waals surface area contributed by atoms with Crippen molar-refractivity contribution in [3.63, 3.8) is 0 Å². The van der Waals surface area contributed by atoms with Crippen LogP contribution in [0, 0.1) is 0 Å². The van der Waals surface area contributed by atoms with Gasteiger partial charge >= 0.3 is 0 Å². The van der Waals surface area contributed by atoms with Crippen molar-refractivity contribution in [2.75, 3.05) is 44.7 Å². The van der Waals surface area contributed by atoms with Crippen LogP contribution in [0.1, 0.15) is 35.9 Å². The van der Waals surface area contributed by atoms with Crippen molar-refractivity contribution in [1.29, 1.82) is 0 Å². The lowest BCUT2D eigenvalue weighted by Crippen LogP contribution is -2.44. The van der Waals surface area contributed by atoms with Crippen molar-refractivity contribution in [3.05, 3.63) is 59.7 Å². The molecule has 5 rings (SSSR count). The molecule has 2 aliphatic heterocycles. The number of piperazine rings is 1. The highest BCUT2D eigenvalue weighted by molar-refractivity contribution is 7.89. The molecule has 1 aliphatic carbocycles. The average Bonchev–Trinajstić information content (AvgIpc) is 3.00. The Labute approximate surface area is 167 Å². The van der Waals surface area contributed by atoms with Crippen LogP contribution in [0.4, 0.5) is 5.69 Å². The number of hydrogen-bond donors (Lipinski definition) is 0. The molecule has 2 saturated heterocycles. The lowest BCUT2D eigenvalue weighted by molar-refractivity contribution is 0.259. The summed E-state index contributed by atoms with van der Waals surface area (Å²) in [5.41, 5.74) is 3.81. The normalized spacial score (nSPS) is 25.7. The minimum Gasteiger partial charge on any atom is -0.369 e. The molecule has 28 heavy (non-hydrogen) atoms. The molecule has 3 aliphatic rings. The topological polar surface area (TPSA) is 43.9 Å². The van der Waals surface area contributed by atoms with E-state index in [0.29, 0.717) is 17.4 Å². The van der Waals surface area contributed by atoms with Crippen LogP contribution in [-0.4, -0.2) is 57.4 Å². The van der Waals surface area contributed by atoms with Gasteiger partial charge in [-0.15, -0.1) is 0 Å². The van der Waals surface area contributed by atoms with Crippen LogP contribution < -0.4 is 4.90 Å². The molecule has 5 nitrogen and oxygen atoms in total. The maximum atomic E-state index is 13.3. The van der Waals surface area contributed by atoms with Crippen molar-refractivity contribution in [2.45, 2.75) is 29.7 Å². The number of likely N-dealkylation sites (N-methyl/N-ethyl adjacent to an activating group) is 1. The zero-order valence-corrected chi connectivity index (χ0v) is 17.1. The molecule has 0 unspecified atom stereocenters. The van der Waals surface area contributed by atoms with Crippen molar-refractivity contribution >= 4 is 15.7 Å². The van der Waals surface area contributed by atoms with Gasteiger partial charge in [0.15, 0.2) is 0 Å². The predicted molar refractivity (Wildman–Crippen MR) is 111 cm³/mol. The second-order valence-electron chi connectivity index (χ2n) is 8.27. The molecule has 2 aromatic rings. The summed E-state index contributed by atoms with van der Waals surface area (Å²) in [4.78, 5) is 5.18. The van der Waals surface area contributed by atoms with E-state index in [4.69, 9.17) is 0 Å². The highest BCUT2D eigenvalue weighted by Crippen LogP contribution is 2.51. The summed E-state index contributed by atoms with van der Waals surface area (Å²) in [6.45, 7) is 4.78. The Morgan fingerprint density at radius 3 is 2.39 bits per heavy atom. The van der Waals surface area contributed by atoms with Gasteiger partial charge in [-0.1, -0.05) is 24.3 Å². The SMILES string of the molecule is CN1CCN(c2ccc3c(c2)[C@H]2C[C@H]3CCN2S(=O)(=O)c2ccccc2)CC1. The molecule has 0 amide bonds. The number of fused-ring (bicyclic) bond motifs is 5. The summed E-state index contributed by atoms with van der Waals surface area (Å²) in [6, 6.07) is 15.6. The van der Waals surface area contributed by atoms with E-state index in [2.05, 4.69) is 35.0 Å². The van der Waals surface area contributed by atoms with Gasteiger partial charge in [0.25, 0.3) is 0 Å². The van der Waals surface area contributed by atoms with E-state index >= 15 is 0 Å². The highest BCUT2D eigenvalue weighted by Gasteiger charge is 2.44. The second kappa shape index (κ2) is 6.87. The predicted octanol–water partition coefficient (Wildman–Crippen LogP) is 3.06. The van der Waals surface area contributed by atoms with Crippen molar-refractivity contribution in [1.82, 2.24) is 9.21 Å². The lowest BCUT2D eigenvalue weighted by atomic mass is 9.96. The number of nitrogens with zero attached hydrogens (tertiary/aromatic N) is 3. The molecular weight excluding hydrogens is 370 g/mol. The van der Waals surface area contributed by atoms with E-state index in [-0.39, 0.29) is 6.04 Å². The zero-order valence-electron chi connectivity index (χ0n) is 16.3. The Kier molecular flexibility index (Phi) is 4.45. The number of anilines is 1. The molecule has 0 N–H and O–H groups in total. The Balaban J connectivity index is 1.49. The van der Waals surface area contributed by atoms with Crippen molar-refractivity contribution in [2.24, 2.45) is 0 Å². The van der Waals surface area contributed by atoms with E-state index in [1.807, 2.05) is 6.07 Å². The van der Waals surface area contributed by atoms with Gasteiger partial charge in [-0.3, -0.25) is 0 Å². The summed E-state index contributed by atoms with van der Waals surface area (Å²) < 4.78 is 28.4. The first kappa shape index (κ1) is 18.2. The quantitative estimate of drug-likeness (QED) is 0.799. The summed E-state index contributed by atoms with van der Waals surface area (Å²) in [6.07, 6.45) is 1.82. The molecule has 2 aromatic carbocycles. The third-order valence-electron chi connectivity index (χ3n) is 6.64. The van der Waals surface area contributed by atoms with E-state index in [1.54, 1.807) is 28.6 Å². The fourth-order valence-corrected chi connectivity index (χ4v) is 6.66. The third kappa shape index (κ3) is 2.95. The molecule has 0 spiro atoms. The molecule has 0 saturated carbocycles. The number of benzene rings is 2. The minimum absolute atomic E-state index is 0.0358. The number of piperidine rings is 1. The first-order valence-electron chi connectivity index (χ1n) is 10.2. The first-order valence-corrected chi connectivity index (χ1v) is 11.6. The summed E-state index contributed by atoms with van der Waals surface area (Å²) in [5.74, 6) is 0.490. The number of rotatable bonds is 3.